The molecule has 2 aliphatic rings. The number of hydrogen-bond acceptors (Lipinski definition) is 3. The lowest BCUT2D eigenvalue weighted by Gasteiger charge is -2.42. The molecule has 1 aliphatic carbocycles. The van der Waals surface area contributed by atoms with Crippen molar-refractivity contribution in [1.29, 1.82) is 0 Å². The molecule has 177 valence electrons. The maximum atomic E-state index is 14.0. The van der Waals surface area contributed by atoms with Crippen molar-refractivity contribution in [3.8, 4) is 0 Å². The van der Waals surface area contributed by atoms with E-state index in [4.69, 9.17) is 17.3 Å². The smallest absolute Gasteiger partial charge is 0.330 e. The third-order valence-electron chi connectivity index (χ3n) is 8.01. The first-order valence-corrected chi connectivity index (χ1v) is 13.2. The highest BCUT2D eigenvalue weighted by Gasteiger charge is 2.53. The summed E-state index contributed by atoms with van der Waals surface area (Å²) >= 11 is 4.72. The van der Waals surface area contributed by atoms with Crippen molar-refractivity contribution >= 4 is 37.2 Å². The topological polar surface area (TPSA) is 29.5 Å². The Balaban J connectivity index is 1.93. The van der Waals surface area contributed by atoms with Gasteiger partial charge in [0.15, 0.2) is 0 Å². The van der Waals surface area contributed by atoms with E-state index in [1.54, 1.807) is 0 Å². The maximum absolute atomic E-state index is 14.0. The molecule has 0 spiro atoms. The minimum atomic E-state index is -0.417. The number of thiol groups is 1. The summed E-state index contributed by atoms with van der Waals surface area (Å²) in [6.45, 7) is 14.9. The molecule has 1 heterocycles. The molecule has 0 unspecified atom stereocenters. The average Bonchev–Trinajstić information content (AvgIpc) is 2.91. The SMILES string of the molecule is CCCC1CC(N2C(=O)C(CCC)(CCC)c3ccc([B]OC(C)(C)C(C)(C)S)cc32)C1. The molecule has 0 aromatic heterocycles. The van der Waals surface area contributed by atoms with Gasteiger partial charge in [0.1, 0.15) is 0 Å². The minimum Gasteiger partial charge on any atom is -0.428 e. The van der Waals surface area contributed by atoms with Crippen LogP contribution >= 0.6 is 12.6 Å². The summed E-state index contributed by atoms with van der Waals surface area (Å²) in [5, 5.41) is 0. The zero-order valence-electron chi connectivity index (χ0n) is 21.3. The van der Waals surface area contributed by atoms with Crippen LogP contribution in [0.5, 0.6) is 0 Å². The van der Waals surface area contributed by atoms with Gasteiger partial charge >= 0.3 is 7.48 Å². The first-order chi connectivity index (χ1) is 15.0. The van der Waals surface area contributed by atoms with Gasteiger partial charge in [0.05, 0.1) is 11.0 Å². The minimum absolute atomic E-state index is 0.278. The van der Waals surface area contributed by atoms with Gasteiger partial charge in [0.25, 0.3) is 0 Å². The van der Waals surface area contributed by atoms with E-state index < -0.39 is 5.60 Å². The maximum Gasteiger partial charge on any atom is 0.330 e. The van der Waals surface area contributed by atoms with Gasteiger partial charge in [-0.3, -0.25) is 4.79 Å². The van der Waals surface area contributed by atoms with E-state index in [1.807, 2.05) is 7.48 Å². The molecule has 3 nitrogen and oxygen atoms in total. The Morgan fingerprint density at radius 3 is 2.25 bits per heavy atom. The first-order valence-electron chi connectivity index (χ1n) is 12.7. The van der Waals surface area contributed by atoms with Crippen molar-refractivity contribution < 1.29 is 9.45 Å². The van der Waals surface area contributed by atoms with Gasteiger partial charge in [-0.1, -0.05) is 64.1 Å². The highest BCUT2D eigenvalue weighted by Crippen LogP contribution is 2.51. The van der Waals surface area contributed by atoms with Crippen LogP contribution < -0.4 is 10.4 Å². The summed E-state index contributed by atoms with van der Waals surface area (Å²) < 4.78 is 5.92. The van der Waals surface area contributed by atoms with Crippen LogP contribution in [-0.4, -0.2) is 29.8 Å². The van der Waals surface area contributed by atoms with Gasteiger partial charge in [-0.25, -0.2) is 0 Å². The van der Waals surface area contributed by atoms with Crippen molar-refractivity contribution in [3.63, 3.8) is 0 Å². The van der Waals surface area contributed by atoms with Crippen molar-refractivity contribution in [2.24, 2.45) is 5.92 Å². The van der Waals surface area contributed by atoms with E-state index in [0.29, 0.717) is 11.9 Å². The van der Waals surface area contributed by atoms with Crippen LogP contribution in [0.25, 0.3) is 0 Å². The van der Waals surface area contributed by atoms with E-state index in [-0.39, 0.29) is 10.2 Å². The quantitative estimate of drug-likeness (QED) is 0.317. The van der Waals surface area contributed by atoms with Crippen molar-refractivity contribution in [2.75, 3.05) is 4.90 Å². The van der Waals surface area contributed by atoms with Gasteiger partial charge in [-0.2, -0.15) is 12.6 Å². The molecule has 1 fully saturated rings. The molecule has 0 saturated heterocycles. The second-order valence-corrected chi connectivity index (χ2v) is 12.2. The third-order valence-corrected chi connectivity index (χ3v) is 8.55. The number of carbonyl (C=O) groups is 1. The molecule has 0 bridgehead atoms. The average molecular weight is 457 g/mol. The van der Waals surface area contributed by atoms with E-state index >= 15 is 0 Å². The number of amides is 1. The number of fused-ring (bicyclic) bond motifs is 1. The number of hydrogen-bond donors (Lipinski definition) is 1. The fourth-order valence-electron chi connectivity index (χ4n) is 5.42. The lowest BCUT2D eigenvalue weighted by atomic mass is 9.73. The van der Waals surface area contributed by atoms with Crippen LogP contribution in [0.3, 0.4) is 0 Å². The Morgan fingerprint density at radius 2 is 1.72 bits per heavy atom. The van der Waals surface area contributed by atoms with Gasteiger partial charge in [0.2, 0.25) is 5.91 Å². The number of anilines is 1. The van der Waals surface area contributed by atoms with Crippen LogP contribution in [-0.2, 0) is 14.9 Å². The Morgan fingerprint density at radius 1 is 1.09 bits per heavy atom. The Kier molecular flexibility index (Phi) is 7.82. The molecule has 3 rings (SSSR count). The molecule has 0 N–H and O–H groups in total. The van der Waals surface area contributed by atoms with Crippen molar-refractivity contribution in [1.82, 2.24) is 0 Å². The third kappa shape index (κ3) is 4.66. The van der Waals surface area contributed by atoms with Gasteiger partial charge in [-0.05, 0) is 70.9 Å². The van der Waals surface area contributed by atoms with E-state index in [9.17, 15) is 4.79 Å². The van der Waals surface area contributed by atoms with Crippen LogP contribution in [0.1, 0.15) is 105 Å². The number of benzene rings is 1. The lowest BCUT2D eigenvalue weighted by molar-refractivity contribution is -0.124. The molecular weight excluding hydrogens is 413 g/mol. The predicted molar refractivity (Wildman–Crippen MR) is 140 cm³/mol. The Labute approximate surface area is 202 Å². The summed E-state index contributed by atoms with van der Waals surface area (Å²) in [5.74, 6) is 1.11. The van der Waals surface area contributed by atoms with Gasteiger partial charge in [0, 0.05) is 16.5 Å². The second-order valence-electron chi connectivity index (χ2n) is 11.1. The predicted octanol–water partition coefficient (Wildman–Crippen LogP) is 6.20. The molecule has 1 aliphatic heterocycles. The molecule has 1 radical (unpaired) electrons. The highest BCUT2D eigenvalue weighted by molar-refractivity contribution is 7.81. The molecule has 5 heteroatoms. The summed E-state index contributed by atoms with van der Waals surface area (Å²) in [6.07, 6.45) is 8.66. The fraction of sp³-hybridized carbons (Fsp3) is 0.741. The first kappa shape index (κ1) is 25.7. The van der Waals surface area contributed by atoms with Gasteiger partial charge < -0.3 is 9.55 Å². The summed E-state index contributed by atoms with van der Waals surface area (Å²) in [5.41, 5.74) is 2.59. The van der Waals surface area contributed by atoms with Crippen LogP contribution in [0.15, 0.2) is 18.2 Å². The van der Waals surface area contributed by atoms with Crippen molar-refractivity contribution in [3.05, 3.63) is 23.8 Å². The molecule has 1 saturated carbocycles. The molecule has 32 heavy (non-hydrogen) atoms. The van der Waals surface area contributed by atoms with Crippen LogP contribution in [0.2, 0.25) is 0 Å². The van der Waals surface area contributed by atoms with E-state index in [0.717, 1.165) is 55.6 Å². The molecular formula is C27H43BNO2S. The summed E-state index contributed by atoms with van der Waals surface area (Å²) in [4.78, 5) is 16.2. The van der Waals surface area contributed by atoms with Crippen LogP contribution in [0.4, 0.5) is 5.69 Å². The Bertz CT molecular complexity index is 804. The normalized spacial score (nSPS) is 22.6. The second kappa shape index (κ2) is 9.74. The van der Waals surface area contributed by atoms with E-state index in [2.05, 4.69) is 71.6 Å². The van der Waals surface area contributed by atoms with E-state index in [1.165, 1.54) is 18.4 Å². The number of rotatable bonds is 11. The fourth-order valence-corrected chi connectivity index (χ4v) is 5.47. The number of nitrogens with zero attached hydrogens (tertiary/aromatic N) is 1. The monoisotopic (exact) mass is 456 g/mol. The standard InChI is InChI=1S/C27H43BNO2S/c1-8-11-19-16-21(17-19)29-23-18-20(28-31-25(4,5)26(6,7)32)12-13-22(23)27(14-9-2,15-10-3)24(29)30/h12-13,18-19,21,32H,8-11,14-17H2,1-7H3. The number of carbonyl (C=O) groups excluding carboxylic acids is 1. The largest absolute Gasteiger partial charge is 0.428 e. The summed E-state index contributed by atoms with van der Waals surface area (Å²) in [7, 11) is 1.85. The highest BCUT2D eigenvalue weighted by atomic mass is 32.1. The zero-order valence-corrected chi connectivity index (χ0v) is 22.2. The lowest BCUT2D eigenvalue weighted by Crippen LogP contribution is -2.50. The van der Waals surface area contributed by atoms with Gasteiger partial charge in [-0.15, -0.1) is 0 Å². The molecule has 1 amide bonds. The molecule has 0 atom stereocenters. The van der Waals surface area contributed by atoms with Crippen molar-refractivity contribution in [2.45, 2.75) is 122 Å². The Hall–Kier alpha value is -0.935. The zero-order chi connectivity index (χ0) is 23.7. The summed E-state index contributed by atoms with van der Waals surface area (Å²) in [6, 6.07) is 6.86. The molecule has 1 aromatic carbocycles. The van der Waals surface area contributed by atoms with Crippen LogP contribution in [0, 0.1) is 5.92 Å². The molecule has 1 aromatic rings.